The van der Waals surface area contributed by atoms with Crippen LogP contribution in [0.2, 0.25) is 0 Å². The molecule has 0 atom stereocenters. The summed E-state index contributed by atoms with van der Waals surface area (Å²) in [6, 6.07) is 6.73. The number of benzene rings is 1. The lowest BCUT2D eigenvalue weighted by Crippen LogP contribution is -2.07. The largest absolute Gasteiger partial charge is 0.332 e. The van der Waals surface area contributed by atoms with Gasteiger partial charge in [-0.2, -0.15) is 8.42 Å². The van der Waals surface area contributed by atoms with Crippen molar-refractivity contribution in [3.63, 3.8) is 0 Å². The van der Waals surface area contributed by atoms with E-state index in [1.54, 1.807) is 24.3 Å². The summed E-state index contributed by atoms with van der Waals surface area (Å²) < 4.78 is 32.7. The number of nitrogens with zero attached hydrogens (tertiary/aromatic N) is 1. The van der Waals surface area contributed by atoms with Gasteiger partial charge in [0, 0.05) is 18.0 Å². The van der Waals surface area contributed by atoms with E-state index < -0.39 is 10.1 Å². The van der Waals surface area contributed by atoms with Crippen molar-refractivity contribution < 1.29 is 17.8 Å². The summed E-state index contributed by atoms with van der Waals surface area (Å²) in [6.07, 6.45) is 0.436. The zero-order chi connectivity index (χ0) is 11.9. The van der Waals surface area contributed by atoms with Gasteiger partial charge in [-0.1, -0.05) is 18.2 Å². The molecule has 16 heavy (non-hydrogen) atoms. The van der Waals surface area contributed by atoms with Crippen LogP contribution in [0, 0.1) is 0 Å². The first-order valence-electron chi connectivity index (χ1n) is 4.47. The summed E-state index contributed by atoms with van der Waals surface area (Å²) in [6.45, 7) is 0. The van der Waals surface area contributed by atoms with Gasteiger partial charge in [-0.25, -0.2) is 0 Å². The van der Waals surface area contributed by atoms with E-state index in [4.69, 9.17) is 4.55 Å². The number of carbonyl (C=O) groups excluding carboxylic acids is 1. The van der Waals surface area contributed by atoms with Crippen LogP contribution in [-0.4, -0.2) is 23.8 Å². The molecule has 84 valence electrons. The first-order valence-corrected chi connectivity index (χ1v) is 5.91. The number of hydrogen-bond acceptors (Lipinski definition) is 3. The Morgan fingerprint density at radius 3 is 2.50 bits per heavy atom. The van der Waals surface area contributed by atoms with Crippen LogP contribution in [0.5, 0.6) is 0 Å². The zero-order valence-electron chi connectivity index (χ0n) is 8.41. The molecule has 0 saturated heterocycles. The summed E-state index contributed by atoms with van der Waals surface area (Å²) in [5.74, 6) is 0. The molecule has 0 spiro atoms. The maximum atomic E-state index is 11.2. The number of carbonyl (C=O) groups is 1. The Morgan fingerprint density at radius 2 is 1.94 bits per heavy atom. The molecule has 0 aliphatic heterocycles. The third-order valence-electron chi connectivity index (χ3n) is 2.45. The Hall–Kier alpha value is -1.66. The van der Waals surface area contributed by atoms with E-state index in [9.17, 15) is 13.2 Å². The summed E-state index contributed by atoms with van der Waals surface area (Å²) >= 11 is 0. The Labute approximate surface area is 92.1 Å². The molecule has 0 fully saturated rings. The van der Waals surface area contributed by atoms with Crippen molar-refractivity contribution in [1.29, 1.82) is 0 Å². The fourth-order valence-corrected chi connectivity index (χ4v) is 2.71. The third kappa shape index (κ3) is 1.43. The average Bonchev–Trinajstić information content (AvgIpc) is 2.51. The predicted molar refractivity (Wildman–Crippen MR) is 58.1 cm³/mol. The van der Waals surface area contributed by atoms with Gasteiger partial charge in [-0.3, -0.25) is 9.35 Å². The monoisotopic (exact) mass is 239 g/mol. The first kappa shape index (κ1) is 10.8. The first-order chi connectivity index (χ1) is 7.46. The molecule has 0 amide bonds. The molecule has 2 rings (SSSR count). The number of hydrogen-bond donors (Lipinski definition) is 1. The molecule has 6 heteroatoms. The smallest absolute Gasteiger partial charge is 0.311 e. The van der Waals surface area contributed by atoms with Crippen LogP contribution in [0.25, 0.3) is 10.9 Å². The normalized spacial score (nSPS) is 11.9. The van der Waals surface area contributed by atoms with Gasteiger partial charge >= 0.3 is 10.1 Å². The number of rotatable bonds is 2. The van der Waals surface area contributed by atoms with Crippen LogP contribution in [-0.2, 0) is 17.2 Å². The van der Waals surface area contributed by atoms with Gasteiger partial charge in [0.15, 0.2) is 11.3 Å². The van der Waals surface area contributed by atoms with Crippen LogP contribution >= 0.6 is 0 Å². The SMILES string of the molecule is Cn1c(S(=O)(=O)O)c(C=O)c2ccccc21. The second-order valence-corrected chi connectivity index (χ2v) is 4.72. The zero-order valence-corrected chi connectivity index (χ0v) is 9.23. The van der Waals surface area contributed by atoms with Crippen LogP contribution in [0.15, 0.2) is 29.3 Å². The van der Waals surface area contributed by atoms with Crippen molar-refractivity contribution in [3.05, 3.63) is 29.8 Å². The highest BCUT2D eigenvalue weighted by atomic mass is 32.2. The standard InChI is InChI=1S/C10H9NO4S/c1-11-9-5-3-2-4-7(9)8(6-12)10(11)16(13,14)15/h2-6H,1H3,(H,13,14,15). The van der Waals surface area contributed by atoms with Crippen LogP contribution in [0.3, 0.4) is 0 Å². The lowest BCUT2D eigenvalue weighted by Gasteiger charge is -2.00. The fraction of sp³-hybridized carbons (Fsp3) is 0.100. The molecule has 0 saturated carbocycles. The summed E-state index contributed by atoms with van der Waals surface area (Å²) in [5, 5.41) is 0.135. The maximum absolute atomic E-state index is 11.2. The topological polar surface area (TPSA) is 76.4 Å². The fourth-order valence-electron chi connectivity index (χ4n) is 1.83. The Morgan fingerprint density at radius 1 is 1.31 bits per heavy atom. The van der Waals surface area contributed by atoms with Crippen molar-refractivity contribution in [2.24, 2.45) is 7.05 Å². The molecule has 1 N–H and O–H groups in total. The van der Waals surface area contributed by atoms with E-state index >= 15 is 0 Å². The molecule has 5 nitrogen and oxygen atoms in total. The quantitative estimate of drug-likeness (QED) is 0.631. The number of para-hydroxylation sites is 1. The van der Waals surface area contributed by atoms with Crippen LogP contribution in [0.1, 0.15) is 10.4 Å². The van der Waals surface area contributed by atoms with Gasteiger partial charge in [-0.15, -0.1) is 0 Å². The van der Waals surface area contributed by atoms with Crippen molar-refractivity contribution in [2.45, 2.75) is 5.03 Å². The highest BCUT2D eigenvalue weighted by Crippen LogP contribution is 2.26. The lowest BCUT2D eigenvalue weighted by molar-refractivity contribution is 0.112. The van der Waals surface area contributed by atoms with E-state index in [1.165, 1.54) is 11.6 Å². The van der Waals surface area contributed by atoms with Crippen molar-refractivity contribution >= 4 is 27.3 Å². The van der Waals surface area contributed by atoms with E-state index in [-0.39, 0.29) is 10.6 Å². The Bertz CT molecular complexity index is 669. The van der Waals surface area contributed by atoms with E-state index in [2.05, 4.69) is 0 Å². The minimum atomic E-state index is -4.41. The van der Waals surface area contributed by atoms with Crippen molar-refractivity contribution in [3.8, 4) is 0 Å². The minimum absolute atomic E-state index is 0.0133. The van der Waals surface area contributed by atoms with Crippen LogP contribution in [0.4, 0.5) is 0 Å². The van der Waals surface area contributed by atoms with Gasteiger partial charge < -0.3 is 4.57 Å². The highest BCUT2D eigenvalue weighted by Gasteiger charge is 2.23. The number of aromatic nitrogens is 1. The number of aldehydes is 1. The van der Waals surface area contributed by atoms with Crippen molar-refractivity contribution in [2.75, 3.05) is 0 Å². The second kappa shape index (κ2) is 3.43. The summed E-state index contributed by atoms with van der Waals surface area (Å²) in [5.41, 5.74) is 0.567. The lowest BCUT2D eigenvalue weighted by atomic mass is 10.2. The molecule has 0 bridgehead atoms. The molecule has 0 unspecified atom stereocenters. The third-order valence-corrected chi connectivity index (χ3v) is 3.44. The van der Waals surface area contributed by atoms with Gasteiger partial charge in [0.2, 0.25) is 0 Å². The average molecular weight is 239 g/mol. The predicted octanol–water partition coefficient (Wildman–Crippen LogP) is 1.24. The van der Waals surface area contributed by atoms with Crippen LogP contribution < -0.4 is 0 Å². The van der Waals surface area contributed by atoms with Gasteiger partial charge in [0.1, 0.15) is 0 Å². The minimum Gasteiger partial charge on any atom is -0.332 e. The molecular weight excluding hydrogens is 230 g/mol. The highest BCUT2D eigenvalue weighted by molar-refractivity contribution is 7.85. The second-order valence-electron chi connectivity index (χ2n) is 3.39. The molecule has 0 aliphatic carbocycles. The van der Waals surface area contributed by atoms with Gasteiger partial charge in [0.25, 0.3) is 0 Å². The number of aryl methyl sites for hydroxylation is 1. The van der Waals surface area contributed by atoms with E-state index in [1.807, 2.05) is 0 Å². The molecule has 1 aromatic heterocycles. The van der Waals surface area contributed by atoms with Crippen molar-refractivity contribution in [1.82, 2.24) is 4.57 Å². The summed E-state index contributed by atoms with van der Waals surface area (Å²) in [7, 11) is -2.92. The van der Waals surface area contributed by atoms with E-state index in [0.29, 0.717) is 17.2 Å². The number of fused-ring (bicyclic) bond motifs is 1. The molecule has 1 aromatic carbocycles. The van der Waals surface area contributed by atoms with E-state index in [0.717, 1.165) is 0 Å². The molecule has 0 aliphatic rings. The van der Waals surface area contributed by atoms with Gasteiger partial charge in [0.05, 0.1) is 5.56 Å². The molecule has 0 radical (unpaired) electrons. The molecule has 1 heterocycles. The molecular formula is C10H9NO4S. The summed E-state index contributed by atoms with van der Waals surface area (Å²) in [4.78, 5) is 10.9. The Balaban J connectivity index is 3.05. The van der Waals surface area contributed by atoms with Gasteiger partial charge in [-0.05, 0) is 6.07 Å². The Kier molecular flexibility index (Phi) is 2.32. The maximum Gasteiger partial charge on any atom is 0.311 e. The molecule has 2 aromatic rings.